The summed E-state index contributed by atoms with van der Waals surface area (Å²) in [5.74, 6) is 1.48. The van der Waals surface area contributed by atoms with Crippen molar-refractivity contribution in [2.45, 2.75) is 65.1 Å². The number of likely N-dealkylation sites (N-methyl/N-ethyl adjacent to an activating group) is 1. The lowest BCUT2D eigenvalue weighted by Crippen LogP contribution is -2.45. The van der Waals surface area contributed by atoms with Crippen molar-refractivity contribution in [3.8, 4) is 0 Å². The van der Waals surface area contributed by atoms with Crippen molar-refractivity contribution in [2.24, 2.45) is 11.8 Å². The molecular formula is C17H35N3. The van der Waals surface area contributed by atoms with E-state index in [0.29, 0.717) is 6.04 Å². The summed E-state index contributed by atoms with van der Waals surface area (Å²) in [7, 11) is 2.34. The second kappa shape index (κ2) is 7.24. The van der Waals surface area contributed by atoms with Gasteiger partial charge in [-0.2, -0.15) is 0 Å². The standard InChI is InChI=1S/C17H35N3/c1-13(2)10-18-11-14(3)15(4)20-9-8-16-6-7-17(12-20)19(16)5/h13-18H,6-12H2,1-5H3. The minimum atomic E-state index is 0.697. The van der Waals surface area contributed by atoms with Crippen LogP contribution in [0.3, 0.4) is 0 Å². The molecule has 4 atom stereocenters. The lowest BCUT2D eigenvalue weighted by atomic mass is 9.99. The van der Waals surface area contributed by atoms with Crippen LogP contribution in [0.5, 0.6) is 0 Å². The highest BCUT2D eigenvalue weighted by Gasteiger charge is 2.36. The van der Waals surface area contributed by atoms with Crippen molar-refractivity contribution in [3.63, 3.8) is 0 Å². The molecule has 0 amide bonds. The van der Waals surface area contributed by atoms with E-state index < -0.39 is 0 Å². The van der Waals surface area contributed by atoms with Gasteiger partial charge < -0.3 is 5.32 Å². The predicted molar refractivity (Wildman–Crippen MR) is 87.1 cm³/mol. The molecule has 0 radical (unpaired) electrons. The van der Waals surface area contributed by atoms with Crippen LogP contribution in [0, 0.1) is 11.8 Å². The van der Waals surface area contributed by atoms with Gasteiger partial charge in [0.15, 0.2) is 0 Å². The van der Waals surface area contributed by atoms with Crippen LogP contribution < -0.4 is 5.32 Å². The molecule has 0 aliphatic carbocycles. The Kier molecular flexibility index (Phi) is 5.88. The Morgan fingerprint density at radius 1 is 1.00 bits per heavy atom. The number of likely N-dealkylation sites (tertiary alicyclic amines) is 1. The van der Waals surface area contributed by atoms with Crippen LogP contribution in [0.1, 0.15) is 47.0 Å². The second-order valence-electron chi connectivity index (χ2n) is 7.60. The fourth-order valence-electron chi connectivity index (χ4n) is 3.84. The van der Waals surface area contributed by atoms with Gasteiger partial charge in [-0.15, -0.1) is 0 Å². The molecule has 118 valence electrons. The molecule has 2 fully saturated rings. The van der Waals surface area contributed by atoms with E-state index in [-0.39, 0.29) is 0 Å². The van der Waals surface area contributed by atoms with E-state index in [4.69, 9.17) is 0 Å². The molecule has 2 aliphatic heterocycles. The summed E-state index contributed by atoms with van der Waals surface area (Å²) in [6, 6.07) is 2.36. The molecular weight excluding hydrogens is 246 g/mol. The van der Waals surface area contributed by atoms with Crippen molar-refractivity contribution in [3.05, 3.63) is 0 Å². The van der Waals surface area contributed by atoms with Crippen LogP contribution in [0.4, 0.5) is 0 Å². The first-order valence-electron chi connectivity index (χ1n) is 8.65. The number of nitrogens with zero attached hydrogens (tertiary/aromatic N) is 2. The minimum Gasteiger partial charge on any atom is -0.316 e. The molecule has 4 unspecified atom stereocenters. The maximum Gasteiger partial charge on any atom is 0.0223 e. The van der Waals surface area contributed by atoms with Crippen LogP contribution in [0.15, 0.2) is 0 Å². The molecule has 0 spiro atoms. The van der Waals surface area contributed by atoms with Crippen molar-refractivity contribution in [1.29, 1.82) is 0 Å². The van der Waals surface area contributed by atoms with Gasteiger partial charge in [-0.1, -0.05) is 20.8 Å². The zero-order valence-electron chi connectivity index (χ0n) is 14.2. The van der Waals surface area contributed by atoms with Crippen LogP contribution in [-0.2, 0) is 0 Å². The molecule has 0 saturated carbocycles. The topological polar surface area (TPSA) is 18.5 Å². The van der Waals surface area contributed by atoms with E-state index in [1.165, 1.54) is 32.4 Å². The summed E-state index contributed by atoms with van der Waals surface area (Å²) in [4.78, 5) is 5.40. The van der Waals surface area contributed by atoms with E-state index in [2.05, 4.69) is 49.9 Å². The Labute approximate surface area is 126 Å². The van der Waals surface area contributed by atoms with E-state index >= 15 is 0 Å². The Hall–Kier alpha value is -0.120. The monoisotopic (exact) mass is 281 g/mol. The fourth-order valence-corrected chi connectivity index (χ4v) is 3.84. The average Bonchev–Trinajstić information content (AvgIpc) is 2.62. The lowest BCUT2D eigenvalue weighted by Gasteiger charge is -2.34. The molecule has 3 nitrogen and oxygen atoms in total. The van der Waals surface area contributed by atoms with E-state index in [1.54, 1.807) is 0 Å². The zero-order valence-corrected chi connectivity index (χ0v) is 14.2. The van der Waals surface area contributed by atoms with Crippen LogP contribution in [0.2, 0.25) is 0 Å². The first kappa shape index (κ1) is 16.3. The molecule has 0 aromatic heterocycles. The van der Waals surface area contributed by atoms with E-state index in [9.17, 15) is 0 Å². The SMILES string of the molecule is CC(C)CNCC(C)C(C)N1CCC2CCC(C1)N2C. The van der Waals surface area contributed by atoms with Crippen LogP contribution in [0.25, 0.3) is 0 Å². The van der Waals surface area contributed by atoms with Gasteiger partial charge in [-0.05, 0) is 64.7 Å². The summed E-state index contributed by atoms with van der Waals surface area (Å²) in [6.45, 7) is 14.3. The summed E-state index contributed by atoms with van der Waals surface area (Å²) in [5.41, 5.74) is 0. The van der Waals surface area contributed by atoms with Gasteiger partial charge in [-0.3, -0.25) is 9.80 Å². The lowest BCUT2D eigenvalue weighted by molar-refractivity contribution is 0.142. The maximum absolute atomic E-state index is 3.63. The summed E-state index contributed by atoms with van der Waals surface area (Å²) in [6.07, 6.45) is 4.20. The normalized spacial score (nSPS) is 31.5. The molecule has 2 saturated heterocycles. The molecule has 2 rings (SSSR count). The van der Waals surface area contributed by atoms with Crippen molar-refractivity contribution >= 4 is 0 Å². The highest BCUT2D eigenvalue weighted by Crippen LogP contribution is 2.30. The Morgan fingerprint density at radius 2 is 1.70 bits per heavy atom. The van der Waals surface area contributed by atoms with Crippen LogP contribution >= 0.6 is 0 Å². The third kappa shape index (κ3) is 3.96. The summed E-state index contributed by atoms with van der Waals surface area (Å²) >= 11 is 0. The van der Waals surface area contributed by atoms with Crippen molar-refractivity contribution < 1.29 is 0 Å². The molecule has 2 bridgehead atoms. The fraction of sp³-hybridized carbons (Fsp3) is 1.00. The highest BCUT2D eigenvalue weighted by atomic mass is 15.3. The number of hydrogen-bond donors (Lipinski definition) is 1. The maximum atomic E-state index is 3.63. The predicted octanol–water partition coefficient (Wildman–Crippen LogP) is 2.43. The Morgan fingerprint density at radius 3 is 2.40 bits per heavy atom. The first-order valence-corrected chi connectivity index (χ1v) is 8.65. The molecule has 2 aliphatic rings. The molecule has 2 heterocycles. The Balaban J connectivity index is 1.81. The van der Waals surface area contributed by atoms with Gasteiger partial charge in [0.05, 0.1) is 0 Å². The van der Waals surface area contributed by atoms with Crippen molar-refractivity contribution in [1.82, 2.24) is 15.1 Å². The molecule has 3 heteroatoms. The Bertz CT molecular complexity index is 292. The minimum absolute atomic E-state index is 0.697. The van der Waals surface area contributed by atoms with Gasteiger partial charge in [0.25, 0.3) is 0 Å². The number of rotatable bonds is 6. The quantitative estimate of drug-likeness (QED) is 0.807. The van der Waals surface area contributed by atoms with Gasteiger partial charge in [0, 0.05) is 24.7 Å². The number of fused-ring (bicyclic) bond motifs is 2. The van der Waals surface area contributed by atoms with E-state index in [1.807, 2.05) is 0 Å². The molecule has 1 N–H and O–H groups in total. The molecule has 20 heavy (non-hydrogen) atoms. The van der Waals surface area contributed by atoms with Crippen LogP contribution in [-0.4, -0.2) is 61.2 Å². The summed E-state index contributed by atoms with van der Waals surface area (Å²) in [5, 5.41) is 3.63. The van der Waals surface area contributed by atoms with Gasteiger partial charge in [-0.25, -0.2) is 0 Å². The third-order valence-corrected chi connectivity index (χ3v) is 5.60. The number of hydrogen-bond acceptors (Lipinski definition) is 3. The van der Waals surface area contributed by atoms with Gasteiger partial charge >= 0.3 is 0 Å². The second-order valence-corrected chi connectivity index (χ2v) is 7.60. The third-order valence-electron chi connectivity index (χ3n) is 5.60. The number of nitrogens with one attached hydrogen (secondary N) is 1. The smallest absolute Gasteiger partial charge is 0.0223 e. The van der Waals surface area contributed by atoms with Gasteiger partial charge in [0.2, 0.25) is 0 Å². The highest BCUT2D eigenvalue weighted by molar-refractivity contribution is 4.92. The molecule has 0 aromatic rings. The largest absolute Gasteiger partial charge is 0.316 e. The van der Waals surface area contributed by atoms with E-state index in [0.717, 1.165) is 37.0 Å². The van der Waals surface area contributed by atoms with Gasteiger partial charge in [0.1, 0.15) is 0 Å². The molecule has 0 aromatic carbocycles. The summed E-state index contributed by atoms with van der Waals surface area (Å²) < 4.78 is 0. The first-order chi connectivity index (χ1) is 9.49. The van der Waals surface area contributed by atoms with Crippen molar-refractivity contribution in [2.75, 3.05) is 33.2 Å². The average molecular weight is 281 g/mol. The zero-order chi connectivity index (χ0) is 14.7.